The average molecular weight is 263 g/mol. The molecule has 0 unspecified atom stereocenters. The minimum atomic E-state index is -0.484. The van der Waals surface area contributed by atoms with Crippen LogP contribution in [0.2, 0.25) is 0 Å². The molecule has 2 N–H and O–H groups in total. The van der Waals surface area contributed by atoms with Crippen LogP contribution in [-0.4, -0.2) is 17.4 Å². The summed E-state index contributed by atoms with van der Waals surface area (Å²) in [5.41, 5.74) is 7.43. The van der Waals surface area contributed by atoms with Crippen molar-refractivity contribution in [3.8, 4) is 0 Å². The van der Waals surface area contributed by atoms with Crippen molar-refractivity contribution >= 4 is 23.0 Å². The predicted octanol–water partition coefficient (Wildman–Crippen LogP) is 2.26. The quantitative estimate of drug-likeness (QED) is 0.514. The van der Waals surface area contributed by atoms with Crippen LogP contribution in [0.4, 0.5) is 17.1 Å². The summed E-state index contributed by atoms with van der Waals surface area (Å²) in [6.07, 6.45) is 2.73. The van der Waals surface area contributed by atoms with E-state index in [4.69, 9.17) is 5.73 Å². The molecule has 0 saturated heterocycles. The molecule has 1 amide bonds. The summed E-state index contributed by atoms with van der Waals surface area (Å²) in [5, 5.41) is 10.9. The van der Waals surface area contributed by atoms with Crippen LogP contribution >= 0.6 is 0 Å². The molecule has 6 heteroatoms. The Bertz CT molecular complexity index is 528. The summed E-state index contributed by atoms with van der Waals surface area (Å²) in [6.45, 7) is 2.61. The number of hydrogen-bond acceptors (Lipinski definition) is 4. The van der Waals surface area contributed by atoms with Crippen LogP contribution in [0.5, 0.6) is 0 Å². The molecule has 1 aromatic carbocycles. The summed E-state index contributed by atoms with van der Waals surface area (Å²) < 4.78 is 0. The summed E-state index contributed by atoms with van der Waals surface area (Å²) in [4.78, 5) is 24.1. The first kappa shape index (κ1) is 13.3. The normalized spacial score (nSPS) is 14.1. The summed E-state index contributed by atoms with van der Waals surface area (Å²) in [7, 11) is 0. The van der Waals surface area contributed by atoms with Gasteiger partial charge in [0.2, 0.25) is 5.91 Å². The lowest BCUT2D eigenvalue weighted by Gasteiger charge is -2.30. The largest absolute Gasteiger partial charge is 0.393 e. The van der Waals surface area contributed by atoms with E-state index in [2.05, 4.69) is 0 Å². The molecule has 0 fully saturated rings. The minimum Gasteiger partial charge on any atom is -0.393 e. The van der Waals surface area contributed by atoms with Crippen molar-refractivity contribution in [2.24, 2.45) is 0 Å². The van der Waals surface area contributed by atoms with Crippen LogP contribution in [0.15, 0.2) is 12.1 Å². The molecule has 19 heavy (non-hydrogen) atoms. The molecule has 2 rings (SSSR count). The van der Waals surface area contributed by atoms with Crippen molar-refractivity contribution in [3.63, 3.8) is 0 Å². The zero-order chi connectivity index (χ0) is 14.0. The van der Waals surface area contributed by atoms with Crippen molar-refractivity contribution in [3.05, 3.63) is 27.8 Å². The van der Waals surface area contributed by atoms with E-state index < -0.39 is 4.92 Å². The highest BCUT2D eigenvalue weighted by atomic mass is 16.6. The molecule has 0 saturated carbocycles. The topological polar surface area (TPSA) is 89.5 Å². The monoisotopic (exact) mass is 263 g/mol. The van der Waals surface area contributed by atoms with E-state index in [1.165, 1.54) is 6.07 Å². The molecule has 0 aliphatic carbocycles. The first-order valence-corrected chi connectivity index (χ1v) is 6.42. The third-order valence-corrected chi connectivity index (χ3v) is 3.37. The molecule has 1 heterocycles. The zero-order valence-electron chi connectivity index (χ0n) is 10.9. The van der Waals surface area contributed by atoms with Crippen LogP contribution in [-0.2, 0) is 11.2 Å². The maximum absolute atomic E-state index is 12.0. The van der Waals surface area contributed by atoms with Crippen molar-refractivity contribution in [1.29, 1.82) is 0 Å². The Balaban J connectivity index is 2.43. The van der Waals surface area contributed by atoms with E-state index in [9.17, 15) is 14.9 Å². The maximum Gasteiger partial charge on any atom is 0.292 e. The Labute approximate surface area is 111 Å². The molecule has 1 aliphatic rings. The predicted molar refractivity (Wildman–Crippen MR) is 73.1 cm³/mol. The third kappa shape index (κ3) is 2.38. The van der Waals surface area contributed by atoms with E-state index in [0.717, 1.165) is 24.1 Å². The van der Waals surface area contributed by atoms with Crippen LogP contribution in [0.1, 0.15) is 31.7 Å². The van der Waals surface area contributed by atoms with Crippen molar-refractivity contribution in [1.82, 2.24) is 0 Å². The van der Waals surface area contributed by atoms with Gasteiger partial charge in [0.15, 0.2) is 0 Å². The molecule has 0 bridgehead atoms. The van der Waals surface area contributed by atoms with Gasteiger partial charge < -0.3 is 10.6 Å². The number of nitrogens with two attached hydrogens (primary N) is 1. The van der Waals surface area contributed by atoms with E-state index in [1.807, 2.05) is 6.92 Å². The van der Waals surface area contributed by atoms with E-state index in [1.54, 1.807) is 11.0 Å². The molecular formula is C13H17N3O3. The Hall–Kier alpha value is -2.11. The molecule has 0 aromatic heterocycles. The van der Waals surface area contributed by atoms with E-state index in [0.29, 0.717) is 19.4 Å². The molecular weight excluding hydrogens is 246 g/mol. The summed E-state index contributed by atoms with van der Waals surface area (Å²) >= 11 is 0. The first-order valence-electron chi connectivity index (χ1n) is 6.42. The number of benzene rings is 1. The van der Waals surface area contributed by atoms with Crippen LogP contribution in [0, 0.1) is 10.1 Å². The van der Waals surface area contributed by atoms with Gasteiger partial charge in [0.1, 0.15) is 5.69 Å². The van der Waals surface area contributed by atoms with Gasteiger partial charge in [-0.25, -0.2) is 0 Å². The molecule has 0 radical (unpaired) electrons. The fourth-order valence-electron chi connectivity index (χ4n) is 2.46. The van der Waals surface area contributed by atoms with E-state index in [-0.39, 0.29) is 17.3 Å². The van der Waals surface area contributed by atoms with Gasteiger partial charge in [-0.1, -0.05) is 6.92 Å². The van der Waals surface area contributed by atoms with Gasteiger partial charge in [0.25, 0.3) is 5.69 Å². The Morgan fingerprint density at radius 2 is 2.26 bits per heavy atom. The van der Waals surface area contributed by atoms with Crippen LogP contribution in [0.25, 0.3) is 0 Å². The van der Waals surface area contributed by atoms with Gasteiger partial charge in [-0.15, -0.1) is 0 Å². The number of carbonyl (C=O) groups excluding carboxylic acids is 1. The first-order chi connectivity index (χ1) is 9.06. The summed E-state index contributed by atoms with van der Waals surface area (Å²) in [6, 6.07) is 3.02. The number of nitro groups is 1. The fraction of sp³-hybridized carbons (Fsp3) is 0.462. The van der Waals surface area contributed by atoms with Crippen LogP contribution < -0.4 is 10.6 Å². The van der Waals surface area contributed by atoms with E-state index >= 15 is 0 Å². The molecule has 0 atom stereocenters. The van der Waals surface area contributed by atoms with Crippen LogP contribution in [0.3, 0.4) is 0 Å². The molecule has 1 aromatic rings. The number of rotatable bonds is 3. The SMILES string of the molecule is CCCC(=O)N1CCCc2c1ccc([N+](=O)[O-])c2N. The molecule has 1 aliphatic heterocycles. The minimum absolute atomic E-state index is 0.0525. The second kappa shape index (κ2) is 5.26. The van der Waals surface area contributed by atoms with Gasteiger partial charge in [-0.3, -0.25) is 14.9 Å². The lowest BCUT2D eigenvalue weighted by Crippen LogP contribution is -2.35. The number of carbonyl (C=O) groups is 1. The van der Waals surface area contributed by atoms with Crippen molar-refractivity contribution in [2.45, 2.75) is 32.6 Å². The smallest absolute Gasteiger partial charge is 0.292 e. The lowest BCUT2D eigenvalue weighted by atomic mass is 9.98. The number of anilines is 2. The van der Waals surface area contributed by atoms with Gasteiger partial charge in [-0.2, -0.15) is 0 Å². The maximum atomic E-state index is 12.0. The zero-order valence-corrected chi connectivity index (χ0v) is 10.9. The number of nitrogen functional groups attached to an aromatic ring is 1. The Morgan fingerprint density at radius 1 is 1.53 bits per heavy atom. The Morgan fingerprint density at radius 3 is 2.89 bits per heavy atom. The lowest BCUT2D eigenvalue weighted by molar-refractivity contribution is -0.383. The van der Waals surface area contributed by atoms with Crippen molar-refractivity contribution < 1.29 is 9.72 Å². The van der Waals surface area contributed by atoms with Crippen molar-refractivity contribution in [2.75, 3.05) is 17.2 Å². The number of hydrogen-bond donors (Lipinski definition) is 1. The highest BCUT2D eigenvalue weighted by Gasteiger charge is 2.27. The van der Waals surface area contributed by atoms with Gasteiger partial charge in [-0.05, 0) is 25.3 Å². The molecule has 6 nitrogen and oxygen atoms in total. The molecule has 0 spiro atoms. The standard InChI is InChI=1S/C13H17N3O3/c1-2-4-12(17)15-8-3-5-9-10(15)6-7-11(13(9)14)16(18)19/h6-7H,2-5,8,14H2,1H3. The third-order valence-electron chi connectivity index (χ3n) is 3.37. The Kier molecular flexibility index (Phi) is 3.69. The second-order valence-corrected chi connectivity index (χ2v) is 4.65. The number of amides is 1. The highest BCUT2D eigenvalue weighted by Crippen LogP contribution is 2.37. The molecule has 102 valence electrons. The van der Waals surface area contributed by atoms with Gasteiger partial charge >= 0.3 is 0 Å². The number of fused-ring (bicyclic) bond motifs is 1. The number of nitrogens with zero attached hydrogens (tertiary/aromatic N) is 2. The summed E-state index contributed by atoms with van der Waals surface area (Å²) in [5.74, 6) is 0.0525. The number of nitro benzene ring substituents is 1. The second-order valence-electron chi connectivity index (χ2n) is 4.65. The van der Waals surface area contributed by atoms with Gasteiger partial charge in [0, 0.05) is 30.3 Å². The highest BCUT2D eigenvalue weighted by molar-refractivity contribution is 5.96. The fourth-order valence-corrected chi connectivity index (χ4v) is 2.46. The van der Waals surface area contributed by atoms with Gasteiger partial charge in [0.05, 0.1) is 4.92 Å². The average Bonchev–Trinajstić information content (AvgIpc) is 2.38.